The molecule has 1 saturated heterocycles. The maximum absolute atomic E-state index is 14.4. The maximum atomic E-state index is 14.4. The van der Waals surface area contributed by atoms with Crippen molar-refractivity contribution in [3.63, 3.8) is 0 Å². The Kier molecular flexibility index (Phi) is 7.13. The molecular weight excluding hydrogens is 631 g/mol. The van der Waals surface area contributed by atoms with E-state index < -0.39 is 86.8 Å². The zero-order valence-corrected chi connectivity index (χ0v) is 21.9. The molecule has 0 aliphatic carbocycles. The Morgan fingerprint density at radius 2 is 1.56 bits per heavy atom. The van der Waals surface area contributed by atoms with E-state index in [1.165, 1.54) is 12.1 Å². The number of ether oxygens (including phenoxy) is 2. The molecule has 18 nitrogen and oxygen atoms in total. The summed E-state index contributed by atoms with van der Waals surface area (Å²) >= 11 is 3.07. The minimum atomic E-state index is -4.47. The fraction of sp³-hybridized carbons (Fsp3) is 0.333. The maximum Gasteiger partial charge on any atom is 0.347 e. The fourth-order valence-corrected chi connectivity index (χ4v) is 4.40. The summed E-state index contributed by atoms with van der Waals surface area (Å²) in [6.45, 7) is -1.93. The molecule has 2 heterocycles. The topological polar surface area (TPSA) is 311 Å². The van der Waals surface area contributed by atoms with Crippen LogP contribution >= 0.6 is 15.9 Å². The highest BCUT2D eigenvalue weighted by molar-refractivity contribution is 9.10. The first-order chi connectivity index (χ1) is 18.7. The molecule has 0 amide bonds. The number of H-pyrrole nitrogens is 1. The third kappa shape index (κ3) is 4.41. The van der Waals surface area contributed by atoms with Crippen molar-refractivity contribution in [3.8, 4) is 23.0 Å². The van der Waals surface area contributed by atoms with Crippen LogP contribution in [-0.4, -0.2) is 109 Å². The number of aromatic hydroxyl groups is 2. The number of phenols is 2. The molecule has 1 fully saturated rings. The number of aromatic amines is 1. The van der Waals surface area contributed by atoms with Crippen LogP contribution in [0.5, 0.6) is 23.0 Å². The van der Waals surface area contributed by atoms with Crippen molar-refractivity contribution in [2.75, 3.05) is 19.0 Å². The summed E-state index contributed by atoms with van der Waals surface area (Å²) in [5.41, 5.74) is -6.30. The average Bonchev–Trinajstić information content (AvgIpc) is 2.84. The van der Waals surface area contributed by atoms with Crippen LogP contribution in [0.25, 0.3) is 10.9 Å². The molecule has 224 valence electrons. The van der Waals surface area contributed by atoms with E-state index in [1.807, 2.05) is 0 Å². The van der Waals surface area contributed by atoms with E-state index in [1.54, 1.807) is 0 Å². The fourth-order valence-electron chi connectivity index (χ4n) is 4.07. The zero-order valence-electron chi connectivity index (χ0n) is 20.3. The summed E-state index contributed by atoms with van der Waals surface area (Å²) < 4.78 is 24.8. The van der Waals surface area contributed by atoms with E-state index in [-0.39, 0.29) is 5.69 Å². The van der Waals surface area contributed by atoms with Crippen molar-refractivity contribution in [2.24, 2.45) is 0 Å². The normalized spacial score (nSPS) is 20.0. The number of aromatic nitrogens is 2. The number of aliphatic hydroxyl groups is 9. The molecule has 4 rings (SSSR count). The summed E-state index contributed by atoms with van der Waals surface area (Å²) in [5, 5.41) is 116. The summed E-state index contributed by atoms with van der Waals surface area (Å²) in [6.07, 6.45) is 0. The average molecular weight is 653 g/mol. The first-order valence-corrected chi connectivity index (χ1v) is 11.7. The minimum absolute atomic E-state index is 0.226. The second-order valence-corrected chi connectivity index (χ2v) is 9.83. The van der Waals surface area contributed by atoms with Crippen LogP contribution in [0.4, 0.5) is 15.9 Å². The number of nitrogens with zero attached hydrogens (tertiary/aromatic N) is 1. The molecule has 1 aromatic heterocycles. The molecule has 14 N–H and O–H groups in total. The summed E-state index contributed by atoms with van der Waals surface area (Å²) in [7, 11) is 0.913. The number of nitrogens with one attached hydrogen (secondary N) is 3. The van der Waals surface area contributed by atoms with Crippen molar-refractivity contribution >= 4 is 38.3 Å². The molecule has 1 aliphatic heterocycles. The van der Waals surface area contributed by atoms with Gasteiger partial charge in [-0.2, -0.15) is 4.98 Å². The van der Waals surface area contributed by atoms with Gasteiger partial charge in [-0.3, -0.25) is 0 Å². The summed E-state index contributed by atoms with van der Waals surface area (Å²) in [4.78, 5) is 17.9. The SMILES string of the molecule is COc1c(OCC2(O)C(O)(O)C(O)(O)NC(O)(O)C2(O)O)c(O)c2[nH]c(=O)nc(Nc3ccc(Br)cc3F)c2c1O. The van der Waals surface area contributed by atoms with Crippen molar-refractivity contribution in [1.29, 1.82) is 0 Å². The molecular formula is C21H22BrFN4O14. The van der Waals surface area contributed by atoms with Crippen LogP contribution in [0.1, 0.15) is 0 Å². The highest BCUT2D eigenvalue weighted by Gasteiger charge is 2.82. The van der Waals surface area contributed by atoms with E-state index in [9.17, 15) is 65.4 Å². The highest BCUT2D eigenvalue weighted by atomic mass is 79.9. The van der Waals surface area contributed by atoms with E-state index in [2.05, 4.69) is 31.2 Å². The molecule has 3 aromatic rings. The van der Waals surface area contributed by atoms with Crippen LogP contribution < -0.4 is 25.8 Å². The third-order valence-electron chi connectivity index (χ3n) is 6.33. The van der Waals surface area contributed by atoms with Crippen LogP contribution in [0, 0.1) is 5.82 Å². The number of anilines is 2. The third-order valence-corrected chi connectivity index (χ3v) is 6.82. The van der Waals surface area contributed by atoms with E-state index in [4.69, 9.17) is 9.47 Å². The molecule has 1 aliphatic rings. The van der Waals surface area contributed by atoms with Gasteiger partial charge in [0, 0.05) is 4.47 Å². The Bertz CT molecular complexity index is 1570. The molecule has 20 heteroatoms. The van der Waals surface area contributed by atoms with Crippen LogP contribution in [0.3, 0.4) is 0 Å². The Balaban J connectivity index is 1.87. The lowest BCUT2D eigenvalue weighted by atomic mass is 9.76. The Hall–Kier alpha value is -3.41. The number of rotatable bonds is 6. The number of methoxy groups -OCH3 is 1. The Labute approximate surface area is 233 Å². The van der Waals surface area contributed by atoms with Gasteiger partial charge in [0.25, 0.3) is 23.4 Å². The molecule has 0 unspecified atom stereocenters. The molecule has 0 atom stereocenters. The number of hydrogen-bond donors (Lipinski definition) is 14. The molecule has 2 aromatic carbocycles. The van der Waals surface area contributed by atoms with E-state index in [0.717, 1.165) is 18.5 Å². The second-order valence-electron chi connectivity index (χ2n) is 8.91. The largest absolute Gasteiger partial charge is 0.504 e. The predicted octanol–water partition coefficient (Wildman–Crippen LogP) is -3.66. The van der Waals surface area contributed by atoms with Gasteiger partial charge < -0.3 is 75.9 Å². The van der Waals surface area contributed by atoms with E-state index in [0.29, 0.717) is 4.47 Å². The van der Waals surface area contributed by atoms with Crippen LogP contribution in [0.15, 0.2) is 27.5 Å². The van der Waals surface area contributed by atoms with Crippen molar-refractivity contribution in [3.05, 3.63) is 39.0 Å². The number of piperidine rings is 1. The first kappa shape index (κ1) is 30.5. The lowest BCUT2D eigenvalue weighted by Crippen LogP contribution is -2.93. The van der Waals surface area contributed by atoms with Gasteiger partial charge in [-0.25, -0.2) is 14.5 Å². The smallest absolute Gasteiger partial charge is 0.347 e. The monoisotopic (exact) mass is 652 g/mol. The highest BCUT2D eigenvalue weighted by Crippen LogP contribution is 2.52. The molecule has 0 saturated carbocycles. The van der Waals surface area contributed by atoms with Gasteiger partial charge in [0.2, 0.25) is 17.1 Å². The first-order valence-electron chi connectivity index (χ1n) is 10.9. The number of fused-ring (bicyclic) bond motifs is 1. The number of halogens is 2. The van der Waals surface area contributed by atoms with Gasteiger partial charge in [0.05, 0.1) is 18.2 Å². The summed E-state index contributed by atoms with van der Waals surface area (Å²) in [5.74, 6) is -22.7. The molecule has 0 radical (unpaired) electrons. The van der Waals surface area contributed by atoms with Crippen molar-refractivity contribution in [2.45, 2.75) is 29.0 Å². The van der Waals surface area contributed by atoms with Gasteiger partial charge in [0.1, 0.15) is 23.8 Å². The second kappa shape index (κ2) is 9.57. The van der Waals surface area contributed by atoms with Crippen molar-refractivity contribution < 1.29 is 70.0 Å². The standard InChI is InChI=1S/C21H22BrFN4O14/c1-40-13-11(28)9-10(25-16(30)26-15(9)24-8-3-2-6(22)4-7(8)23)12(29)14(13)41-5-17(31)18(32,33)20(36,37)27-21(38,39)19(17,34)35/h2-4,27-29,31-39H,5H2,1H3,(H2,24,25,26,30). The quantitative estimate of drug-likeness (QED) is 0.0900. The van der Waals surface area contributed by atoms with Gasteiger partial charge >= 0.3 is 5.69 Å². The van der Waals surface area contributed by atoms with Gasteiger partial charge in [0.15, 0.2) is 11.5 Å². The van der Waals surface area contributed by atoms with E-state index >= 15 is 0 Å². The number of benzene rings is 2. The number of hydrogen-bond acceptors (Lipinski definition) is 17. The van der Waals surface area contributed by atoms with Gasteiger partial charge in [-0.15, -0.1) is 0 Å². The number of phenolic OH excluding ortho intramolecular Hbond substituents is 2. The lowest BCUT2D eigenvalue weighted by Gasteiger charge is -2.58. The molecule has 0 spiro atoms. The van der Waals surface area contributed by atoms with Crippen molar-refractivity contribution in [1.82, 2.24) is 15.3 Å². The summed E-state index contributed by atoms with van der Waals surface area (Å²) in [6, 6.07) is 3.75. The van der Waals surface area contributed by atoms with Crippen LogP contribution in [0.2, 0.25) is 0 Å². The van der Waals surface area contributed by atoms with Crippen LogP contribution in [-0.2, 0) is 0 Å². The Morgan fingerprint density at radius 3 is 2.10 bits per heavy atom. The lowest BCUT2D eigenvalue weighted by molar-refractivity contribution is -0.551. The zero-order chi connectivity index (χ0) is 30.9. The minimum Gasteiger partial charge on any atom is -0.504 e. The molecule has 41 heavy (non-hydrogen) atoms. The molecule has 0 bridgehead atoms. The van der Waals surface area contributed by atoms with Gasteiger partial charge in [-0.05, 0) is 18.2 Å². The predicted molar refractivity (Wildman–Crippen MR) is 132 cm³/mol. The van der Waals surface area contributed by atoms with Gasteiger partial charge in [-0.1, -0.05) is 15.9 Å². The Morgan fingerprint density at radius 1 is 0.976 bits per heavy atom.